The van der Waals surface area contributed by atoms with E-state index in [-0.39, 0.29) is 36.0 Å². The molecule has 146 valence electrons. The van der Waals surface area contributed by atoms with E-state index < -0.39 is 9.84 Å². The average Bonchev–Trinajstić information content (AvgIpc) is 3.31. The Morgan fingerprint density at radius 2 is 2.04 bits per heavy atom. The number of sulfone groups is 1. The monoisotopic (exact) mass is 406 g/mol. The fraction of sp³-hybridized carbons (Fsp3) is 0.450. The molecule has 1 fully saturated rings. The van der Waals surface area contributed by atoms with Gasteiger partial charge in [-0.1, -0.05) is 37.3 Å². The third-order valence-electron chi connectivity index (χ3n) is 5.16. The first-order valence-electron chi connectivity index (χ1n) is 9.21. The Morgan fingerprint density at radius 1 is 1.30 bits per heavy atom. The number of rotatable bonds is 7. The van der Waals surface area contributed by atoms with Crippen molar-refractivity contribution in [1.29, 1.82) is 0 Å². The van der Waals surface area contributed by atoms with Gasteiger partial charge in [0.15, 0.2) is 9.84 Å². The zero-order chi connectivity index (χ0) is 19.4. The molecule has 0 aliphatic carbocycles. The first kappa shape index (κ1) is 20.0. The molecule has 7 heteroatoms. The molecule has 0 spiro atoms. The molecule has 1 aromatic carbocycles. The molecule has 5 nitrogen and oxygen atoms in total. The van der Waals surface area contributed by atoms with Gasteiger partial charge in [0.05, 0.1) is 24.1 Å². The molecule has 2 aromatic rings. The summed E-state index contributed by atoms with van der Waals surface area (Å²) < 4.78 is 23.3. The molecule has 0 saturated carbocycles. The van der Waals surface area contributed by atoms with E-state index >= 15 is 0 Å². The maximum atomic E-state index is 12.6. The fourth-order valence-electron chi connectivity index (χ4n) is 3.38. The Morgan fingerprint density at radius 3 is 2.59 bits per heavy atom. The third-order valence-corrected chi connectivity index (χ3v) is 7.84. The van der Waals surface area contributed by atoms with Crippen molar-refractivity contribution in [2.24, 2.45) is 0 Å². The molecule has 1 aliphatic heterocycles. The highest BCUT2D eigenvalue weighted by Crippen LogP contribution is 2.26. The predicted octanol–water partition coefficient (Wildman–Crippen LogP) is 2.64. The molecule has 0 unspecified atom stereocenters. The molecule has 0 radical (unpaired) electrons. The summed E-state index contributed by atoms with van der Waals surface area (Å²) in [7, 11) is -1.30. The van der Waals surface area contributed by atoms with Gasteiger partial charge in [-0.15, -0.1) is 11.3 Å². The quantitative estimate of drug-likeness (QED) is 0.768. The van der Waals surface area contributed by atoms with E-state index in [0.29, 0.717) is 6.42 Å². The Kier molecular flexibility index (Phi) is 6.34. The summed E-state index contributed by atoms with van der Waals surface area (Å²) in [6.45, 7) is 2.30. The third kappa shape index (κ3) is 4.97. The van der Waals surface area contributed by atoms with Gasteiger partial charge in [0.1, 0.15) is 0 Å². The van der Waals surface area contributed by atoms with Crippen LogP contribution in [0.3, 0.4) is 0 Å². The van der Waals surface area contributed by atoms with E-state index in [0.717, 1.165) is 16.9 Å². The van der Waals surface area contributed by atoms with Crippen LogP contribution in [0.5, 0.6) is 0 Å². The second-order valence-corrected chi connectivity index (χ2v) is 10.2. The van der Waals surface area contributed by atoms with Gasteiger partial charge in [0.2, 0.25) is 5.91 Å². The molecule has 1 aromatic heterocycles. The van der Waals surface area contributed by atoms with E-state index in [1.165, 1.54) is 5.56 Å². The maximum absolute atomic E-state index is 12.6. The number of likely N-dealkylation sites (N-methyl/N-ethyl adjacent to an activating group) is 1. The molecule has 2 atom stereocenters. The van der Waals surface area contributed by atoms with Crippen molar-refractivity contribution >= 4 is 27.1 Å². The molecule has 1 aliphatic rings. The van der Waals surface area contributed by atoms with Crippen molar-refractivity contribution in [3.8, 4) is 0 Å². The van der Waals surface area contributed by atoms with Crippen molar-refractivity contribution in [2.75, 3.05) is 25.1 Å². The van der Waals surface area contributed by atoms with E-state index in [1.54, 1.807) is 23.3 Å². The fourth-order valence-corrected chi connectivity index (χ4v) is 5.98. The molecular weight excluding hydrogens is 380 g/mol. The van der Waals surface area contributed by atoms with E-state index in [4.69, 9.17) is 0 Å². The summed E-state index contributed by atoms with van der Waals surface area (Å²) in [5.41, 5.74) is 2.40. The van der Waals surface area contributed by atoms with Gasteiger partial charge in [-0.05, 0) is 35.4 Å². The van der Waals surface area contributed by atoms with Crippen LogP contribution in [-0.4, -0.2) is 50.4 Å². The predicted molar refractivity (Wildman–Crippen MR) is 110 cm³/mol. The smallest absolute Gasteiger partial charge is 0.236 e. The van der Waals surface area contributed by atoms with Gasteiger partial charge in [-0.3, -0.25) is 10.1 Å². The topological polar surface area (TPSA) is 66.5 Å². The van der Waals surface area contributed by atoms with Gasteiger partial charge in [0.25, 0.3) is 0 Å². The number of aryl methyl sites for hydroxylation is 1. The number of hydrogen-bond acceptors (Lipinski definition) is 5. The summed E-state index contributed by atoms with van der Waals surface area (Å²) in [5, 5.41) is 5.40. The summed E-state index contributed by atoms with van der Waals surface area (Å²) in [6.07, 6.45) is 1.52. The number of amides is 1. The molecule has 1 saturated heterocycles. The number of benzene rings is 1. The zero-order valence-electron chi connectivity index (χ0n) is 15.7. The Balaban J connectivity index is 1.68. The lowest BCUT2D eigenvalue weighted by Crippen LogP contribution is -2.43. The second-order valence-electron chi connectivity index (χ2n) is 6.99. The molecule has 1 N–H and O–H groups in total. The standard InChI is InChI=1S/C20H26N2O3S2/c1-3-15-6-8-16(9-7-15)20(18-5-4-11-26-18)21-13-19(23)22(2)17-10-12-27(24,25)14-17/h4-9,11,17,20-21H,3,10,12-14H2,1-2H3/t17-,20-/m0/s1. The van der Waals surface area contributed by atoms with Crippen LogP contribution in [0.25, 0.3) is 0 Å². The lowest BCUT2D eigenvalue weighted by molar-refractivity contribution is -0.130. The lowest BCUT2D eigenvalue weighted by Gasteiger charge is -2.25. The van der Waals surface area contributed by atoms with Crippen molar-refractivity contribution in [3.63, 3.8) is 0 Å². The summed E-state index contributed by atoms with van der Waals surface area (Å²) in [4.78, 5) is 15.4. The normalized spacial score (nSPS) is 19.7. The molecular formula is C20H26N2O3S2. The first-order valence-corrected chi connectivity index (χ1v) is 11.9. The first-order chi connectivity index (χ1) is 12.9. The van der Waals surface area contributed by atoms with Crippen LogP contribution in [0.15, 0.2) is 41.8 Å². The SMILES string of the molecule is CCc1ccc([C@H](NCC(=O)N(C)[C@H]2CCS(=O)(=O)C2)c2cccs2)cc1. The number of carbonyl (C=O) groups is 1. The molecule has 3 rings (SSSR count). The molecule has 2 heterocycles. The van der Waals surface area contributed by atoms with Gasteiger partial charge in [-0.25, -0.2) is 8.42 Å². The van der Waals surface area contributed by atoms with Crippen LogP contribution in [-0.2, 0) is 21.1 Å². The average molecular weight is 407 g/mol. The molecule has 0 bridgehead atoms. The zero-order valence-corrected chi connectivity index (χ0v) is 17.4. The second kappa shape index (κ2) is 8.54. The summed E-state index contributed by atoms with van der Waals surface area (Å²) >= 11 is 1.65. The largest absolute Gasteiger partial charge is 0.341 e. The highest BCUT2D eigenvalue weighted by Gasteiger charge is 2.32. The Bertz CT molecular complexity index is 861. The van der Waals surface area contributed by atoms with Crippen LogP contribution < -0.4 is 5.32 Å². The number of carbonyl (C=O) groups excluding carboxylic acids is 1. The van der Waals surface area contributed by atoms with Crippen LogP contribution in [0, 0.1) is 0 Å². The maximum Gasteiger partial charge on any atom is 0.236 e. The minimum Gasteiger partial charge on any atom is -0.341 e. The van der Waals surface area contributed by atoms with Gasteiger partial charge in [0, 0.05) is 18.0 Å². The van der Waals surface area contributed by atoms with Crippen LogP contribution >= 0.6 is 11.3 Å². The van der Waals surface area contributed by atoms with E-state index in [9.17, 15) is 13.2 Å². The van der Waals surface area contributed by atoms with Crippen molar-refractivity contribution < 1.29 is 13.2 Å². The van der Waals surface area contributed by atoms with Crippen molar-refractivity contribution in [3.05, 3.63) is 57.8 Å². The molecule has 27 heavy (non-hydrogen) atoms. The van der Waals surface area contributed by atoms with Crippen LogP contribution in [0.4, 0.5) is 0 Å². The highest BCUT2D eigenvalue weighted by atomic mass is 32.2. The van der Waals surface area contributed by atoms with Gasteiger partial charge < -0.3 is 4.90 Å². The van der Waals surface area contributed by atoms with Crippen LogP contribution in [0.1, 0.15) is 35.4 Å². The number of hydrogen-bond donors (Lipinski definition) is 1. The highest BCUT2D eigenvalue weighted by molar-refractivity contribution is 7.91. The lowest BCUT2D eigenvalue weighted by atomic mass is 10.0. The van der Waals surface area contributed by atoms with Gasteiger partial charge >= 0.3 is 0 Å². The van der Waals surface area contributed by atoms with E-state index in [1.807, 2.05) is 11.4 Å². The Hall–Kier alpha value is -1.70. The number of nitrogens with one attached hydrogen (secondary N) is 1. The molecule has 1 amide bonds. The number of thiophene rings is 1. The minimum atomic E-state index is -3.00. The van der Waals surface area contributed by atoms with Gasteiger partial charge in [-0.2, -0.15) is 0 Å². The van der Waals surface area contributed by atoms with Crippen LogP contribution in [0.2, 0.25) is 0 Å². The van der Waals surface area contributed by atoms with E-state index in [2.05, 4.69) is 42.6 Å². The van der Waals surface area contributed by atoms with Crippen molar-refractivity contribution in [1.82, 2.24) is 10.2 Å². The summed E-state index contributed by atoms with van der Waals surface area (Å²) in [6, 6.07) is 12.3. The minimum absolute atomic E-state index is 0.0550. The summed E-state index contributed by atoms with van der Waals surface area (Å²) in [5.74, 6) is 0.163. The number of nitrogens with zero attached hydrogens (tertiary/aromatic N) is 1. The Labute approximate surface area is 165 Å². The van der Waals surface area contributed by atoms with Crippen molar-refractivity contribution in [2.45, 2.75) is 31.8 Å².